The number of nitrogens with zero attached hydrogens (tertiary/aromatic N) is 2. The van der Waals surface area contributed by atoms with Crippen molar-refractivity contribution in [3.05, 3.63) is 73.1 Å². The van der Waals surface area contributed by atoms with Gasteiger partial charge in [0, 0.05) is 18.1 Å². The highest BCUT2D eigenvalue weighted by atomic mass is 15.1. The molecule has 0 amide bonds. The van der Waals surface area contributed by atoms with Crippen LogP contribution >= 0.6 is 0 Å². The van der Waals surface area contributed by atoms with Crippen molar-refractivity contribution in [3.63, 3.8) is 0 Å². The first kappa shape index (κ1) is 12.4. The highest BCUT2D eigenvalue weighted by molar-refractivity contribution is 6.67. The first-order valence-electron chi connectivity index (χ1n) is 6.44. The molecule has 20 heavy (non-hydrogen) atoms. The minimum absolute atomic E-state index is 0.604. The van der Waals surface area contributed by atoms with Gasteiger partial charge >= 0.3 is 0 Å². The molecule has 2 aromatic carbocycles. The van der Waals surface area contributed by atoms with Gasteiger partial charge in [-0.15, -0.1) is 0 Å². The maximum atomic E-state index is 4.13. The highest BCUT2D eigenvalue weighted by Crippen LogP contribution is 2.09. The fourth-order valence-electron chi connectivity index (χ4n) is 1.90. The average Bonchev–Trinajstić information content (AvgIpc) is 2.51. The van der Waals surface area contributed by atoms with Crippen LogP contribution in [0, 0.1) is 0 Å². The molecule has 0 spiro atoms. The second kappa shape index (κ2) is 6.02. The van der Waals surface area contributed by atoms with E-state index < -0.39 is 0 Å². The van der Waals surface area contributed by atoms with Crippen molar-refractivity contribution in [1.82, 2.24) is 9.97 Å². The Labute approximate surface area is 119 Å². The monoisotopic (exact) mass is 258 g/mol. The molecular weight excluding hydrogens is 245 g/mol. The van der Waals surface area contributed by atoms with Crippen LogP contribution in [0.2, 0.25) is 0 Å². The van der Waals surface area contributed by atoms with Crippen LogP contribution in [0.3, 0.4) is 0 Å². The predicted octanol–water partition coefficient (Wildman–Crippen LogP) is 1.88. The molecule has 0 aliphatic heterocycles. The summed E-state index contributed by atoms with van der Waals surface area (Å²) in [6.07, 6.45) is 3.43. The summed E-state index contributed by atoms with van der Waals surface area (Å²) >= 11 is 0. The van der Waals surface area contributed by atoms with Gasteiger partial charge in [-0.2, -0.15) is 0 Å². The molecule has 0 aliphatic rings. The zero-order valence-electron chi connectivity index (χ0n) is 10.9. The Balaban J connectivity index is 1.69. The van der Waals surface area contributed by atoms with Gasteiger partial charge in [-0.05, 0) is 18.2 Å². The minimum Gasteiger partial charge on any atom is -0.324 e. The molecule has 0 saturated heterocycles. The molecule has 0 atom stereocenters. The number of hydrogen-bond acceptors (Lipinski definition) is 3. The number of hydrogen-bond donors (Lipinski definition) is 1. The van der Waals surface area contributed by atoms with Crippen molar-refractivity contribution >= 4 is 29.8 Å². The SMILES string of the molecule is [B](c1ccccc1)c1ccc(Nc2ncccn2)cc1. The largest absolute Gasteiger partial charge is 0.324 e. The number of benzene rings is 2. The Morgan fingerprint density at radius 3 is 2.05 bits per heavy atom. The molecule has 3 nitrogen and oxygen atoms in total. The van der Waals surface area contributed by atoms with Crippen LogP contribution in [0.5, 0.6) is 0 Å². The maximum Gasteiger partial charge on any atom is 0.227 e. The van der Waals surface area contributed by atoms with E-state index in [-0.39, 0.29) is 0 Å². The van der Waals surface area contributed by atoms with E-state index in [0.717, 1.165) is 11.2 Å². The van der Waals surface area contributed by atoms with Gasteiger partial charge in [0.05, 0.1) is 0 Å². The van der Waals surface area contributed by atoms with E-state index in [1.165, 1.54) is 5.46 Å². The first-order valence-corrected chi connectivity index (χ1v) is 6.44. The third-order valence-corrected chi connectivity index (χ3v) is 2.87. The van der Waals surface area contributed by atoms with E-state index in [4.69, 9.17) is 0 Å². The third kappa shape index (κ3) is 3.23. The molecular formula is C16H13BN3. The van der Waals surface area contributed by atoms with Crippen LogP contribution in [-0.2, 0) is 0 Å². The summed E-state index contributed by atoms with van der Waals surface area (Å²) in [5, 5.41) is 3.16. The molecule has 1 radical (unpaired) electrons. The van der Waals surface area contributed by atoms with Gasteiger partial charge in [-0.25, -0.2) is 9.97 Å². The molecule has 1 N–H and O–H groups in total. The predicted molar refractivity (Wildman–Crippen MR) is 83.2 cm³/mol. The van der Waals surface area contributed by atoms with Gasteiger partial charge in [0.2, 0.25) is 5.95 Å². The van der Waals surface area contributed by atoms with Gasteiger partial charge in [-0.1, -0.05) is 53.4 Å². The molecule has 4 heteroatoms. The standard InChI is InChI=1S/C16H13BN3/c1-2-5-13(6-3-1)17-14-7-9-15(10-8-14)20-16-18-11-4-12-19-16/h1-12H,(H,18,19,20). The smallest absolute Gasteiger partial charge is 0.227 e. The molecule has 0 saturated carbocycles. The van der Waals surface area contributed by atoms with Gasteiger partial charge in [-0.3, -0.25) is 0 Å². The maximum absolute atomic E-state index is 4.13. The highest BCUT2D eigenvalue weighted by Gasteiger charge is 2.00. The van der Waals surface area contributed by atoms with E-state index in [0.29, 0.717) is 5.95 Å². The Morgan fingerprint density at radius 1 is 0.700 bits per heavy atom. The van der Waals surface area contributed by atoms with Crippen molar-refractivity contribution in [2.75, 3.05) is 5.32 Å². The summed E-state index contributed by atoms with van der Waals surface area (Å²) < 4.78 is 0. The molecule has 0 unspecified atom stereocenters. The Kier molecular flexibility index (Phi) is 3.74. The number of aromatic nitrogens is 2. The fraction of sp³-hybridized carbons (Fsp3) is 0. The Morgan fingerprint density at radius 2 is 1.35 bits per heavy atom. The number of anilines is 2. The van der Waals surface area contributed by atoms with E-state index in [1.54, 1.807) is 18.5 Å². The lowest BCUT2D eigenvalue weighted by Crippen LogP contribution is -2.26. The lowest BCUT2D eigenvalue weighted by atomic mass is 9.64. The molecule has 1 heterocycles. The summed E-state index contributed by atoms with van der Waals surface area (Å²) in [7, 11) is 2.14. The summed E-state index contributed by atoms with van der Waals surface area (Å²) in [6.45, 7) is 0. The molecule has 3 aromatic rings. The van der Waals surface area contributed by atoms with Gasteiger partial charge in [0.15, 0.2) is 7.28 Å². The van der Waals surface area contributed by atoms with Gasteiger partial charge in [0.25, 0.3) is 0 Å². The molecule has 3 rings (SSSR count). The van der Waals surface area contributed by atoms with Gasteiger partial charge < -0.3 is 5.32 Å². The molecule has 0 aliphatic carbocycles. The summed E-state index contributed by atoms with van der Waals surface area (Å²) in [6, 6.07) is 20.2. The van der Waals surface area contributed by atoms with Gasteiger partial charge in [0.1, 0.15) is 0 Å². The van der Waals surface area contributed by atoms with Crippen LogP contribution in [0.15, 0.2) is 73.1 Å². The normalized spacial score (nSPS) is 10.0. The van der Waals surface area contributed by atoms with E-state index in [2.05, 4.69) is 46.8 Å². The van der Waals surface area contributed by atoms with Crippen LogP contribution in [0.1, 0.15) is 0 Å². The fourth-order valence-corrected chi connectivity index (χ4v) is 1.90. The zero-order valence-corrected chi connectivity index (χ0v) is 10.9. The molecule has 95 valence electrons. The summed E-state index contributed by atoms with van der Waals surface area (Å²) in [5.74, 6) is 0.604. The Hall–Kier alpha value is -2.62. The topological polar surface area (TPSA) is 37.8 Å². The molecule has 0 fully saturated rings. The number of rotatable bonds is 4. The molecule has 1 aromatic heterocycles. The van der Waals surface area contributed by atoms with E-state index >= 15 is 0 Å². The van der Waals surface area contributed by atoms with Crippen molar-refractivity contribution in [3.8, 4) is 0 Å². The van der Waals surface area contributed by atoms with Crippen LogP contribution < -0.4 is 16.2 Å². The number of nitrogens with one attached hydrogen (secondary N) is 1. The van der Waals surface area contributed by atoms with Crippen molar-refractivity contribution in [2.24, 2.45) is 0 Å². The zero-order chi connectivity index (χ0) is 13.6. The van der Waals surface area contributed by atoms with Crippen LogP contribution in [0.25, 0.3) is 0 Å². The summed E-state index contributed by atoms with van der Waals surface area (Å²) in [4.78, 5) is 8.27. The quantitative estimate of drug-likeness (QED) is 0.726. The lowest BCUT2D eigenvalue weighted by molar-refractivity contribution is 1.17. The second-order valence-electron chi connectivity index (χ2n) is 4.37. The van der Waals surface area contributed by atoms with Crippen LogP contribution in [0.4, 0.5) is 11.6 Å². The van der Waals surface area contributed by atoms with Crippen molar-refractivity contribution in [1.29, 1.82) is 0 Å². The summed E-state index contributed by atoms with van der Waals surface area (Å²) in [5.41, 5.74) is 3.33. The second-order valence-corrected chi connectivity index (χ2v) is 4.37. The third-order valence-electron chi connectivity index (χ3n) is 2.87. The average molecular weight is 258 g/mol. The molecule has 0 bridgehead atoms. The van der Waals surface area contributed by atoms with E-state index in [9.17, 15) is 0 Å². The van der Waals surface area contributed by atoms with Crippen LogP contribution in [-0.4, -0.2) is 17.2 Å². The first-order chi connectivity index (χ1) is 9.90. The van der Waals surface area contributed by atoms with Crippen molar-refractivity contribution in [2.45, 2.75) is 0 Å². The minimum atomic E-state index is 0.604. The lowest BCUT2D eigenvalue weighted by Gasteiger charge is -2.05. The van der Waals surface area contributed by atoms with Crippen molar-refractivity contribution < 1.29 is 0 Å². The van der Waals surface area contributed by atoms with E-state index in [1.807, 2.05) is 30.3 Å². The Bertz CT molecular complexity index is 594.